The van der Waals surface area contributed by atoms with Crippen LogP contribution in [0.1, 0.15) is 5.56 Å². The summed E-state index contributed by atoms with van der Waals surface area (Å²) in [6.07, 6.45) is 3.00. The molecule has 0 bridgehead atoms. The summed E-state index contributed by atoms with van der Waals surface area (Å²) in [4.78, 5) is 7.96. The first-order valence-corrected chi connectivity index (χ1v) is 5.52. The molecule has 3 N–H and O–H groups in total. The van der Waals surface area contributed by atoms with Gasteiger partial charge in [-0.3, -0.25) is 4.98 Å². The highest BCUT2D eigenvalue weighted by atomic mass is 79.9. The minimum atomic E-state index is 0.325. The number of aromatic nitrogens is 2. The number of hydrogen-bond donors (Lipinski definition) is 2. The van der Waals surface area contributed by atoms with Crippen LogP contribution in [0.5, 0.6) is 0 Å². The van der Waals surface area contributed by atoms with Crippen molar-refractivity contribution in [1.29, 1.82) is 5.26 Å². The van der Waals surface area contributed by atoms with Crippen LogP contribution >= 0.6 is 15.9 Å². The van der Waals surface area contributed by atoms with Crippen LogP contribution in [0.4, 0.5) is 17.3 Å². The van der Waals surface area contributed by atoms with Gasteiger partial charge in [0.2, 0.25) is 0 Å². The maximum Gasteiger partial charge on any atom is 0.151 e. The summed E-state index contributed by atoms with van der Waals surface area (Å²) in [7, 11) is 0. The van der Waals surface area contributed by atoms with Crippen LogP contribution in [0.25, 0.3) is 0 Å². The van der Waals surface area contributed by atoms with Crippen molar-refractivity contribution in [2.45, 2.75) is 0 Å². The number of nitrogens with two attached hydrogens (primary N) is 1. The number of nitrogens with zero attached hydrogens (tertiary/aromatic N) is 3. The molecular formula is C11H8BrN5. The lowest BCUT2D eigenvalue weighted by Crippen LogP contribution is -1.99. The second-order valence-electron chi connectivity index (χ2n) is 3.26. The van der Waals surface area contributed by atoms with Gasteiger partial charge in [0.25, 0.3) is 0 Å². The molecule has 0 atom stereocenters. The Labute approximate surface area is 106 Å². The van der Waals surface area contributed by atoms with Crippen LogP contribution in [0.2, 0.25) is 0 Å². The minimum absolute atomic E-state index is 0.325. The number of nitrogen functional groups attached to an aromatic ring is 1. The van der Waals surface area contributed by atoms with E-state index >= 15 is 0 Å². The van der Waals surface area contributed by atoms with Gasteiger partial charge in [-0.1, -0.05) is 15.9 Å². The fourth-order valence-corrected chi connectivity index (χ4v) is 1.66. The number of hydrogen-bond acceptors (Lipinski definition) is 5. The van der Waals surface area contributed by atoms with Crippen molar-refractivity contribution in [3.05, 3.63) is 40.6 Å². The van der Waals surface area contributed by atoms with Crippen LogP contribution in [-0.2, 0) is 0 Å². The highest BCUT2D eigenvalue weighted by Crippen LogP contribution is 2.22. The van der Waals surface area contributed by atoms with Crippen LogP contribution < -0.4 is 11.1 Å². The van der Waals surface area contributed by atoms with E-state index in [1.54, 1.807) is 18.3 Å². The number of nitrogens with one attached hydrogen (secondary N) is 1. The zero-order valence-electron chi connectivity index (χ0n) is 8.68. The molecule has 0 fully saturated rings. The topological polar surface area (TPSA) is 87.6 Å². The first-order chi connectivity index (χ1) is 8.19. The molecular weight excluding hydrogens is 282 g/mol. The molecule has 2 rings (SSSR count). The standard InChI is InChI=1S/C11H8BrN5/c12-8-1-2-9(7(3-8)4-13)16-11-6-15-5-10(14)17-11/h1-3,5-6H,(H3,14,16,17). The van der Waals surface area contributed by atoms with Gasteiger partial charge < -0.3 is 11.1 Å². The van der Waals surface area contributed by atoms with Crippen molar-refractivity contribution in [3.63, 3.8) is 0 Å². The molecule has 1 heterocycles. The molecule has 0 saturated carbocycles. The maximum atomic E-state index is 9.00. The third-order valence-electron chi connectivity index (χ3n) is 2.02. The van der Waals surface area contributed by atoms with Gasteiger partial charge in [-0.15, -0.1) is 0 Å². The molecule has 1 aromatic heterocycles. The van der Waals surface area contributed by atoms with Crippen molar-refractivity contribution in [2.75, 3.05) is 11.1 Å². The molecule has 0 aliphatic carbocycles. The minimum Gasteiger partial charge on any atom is -0.382 e. The van der Waals surface area contributed by atoms with Crippen molar-refractivity contribution < 1.29 is 0 Å². The summed E-state index contributed by atoms with van der Waals surface area (Å²) in [6, 6.07) is 7.45. The molecule has 0 aliphatic heterocycles. The predicted molar refractivity (Wildman–Crippen MR) is 68.6 cm³/mol. The van der Waals surface area contributed by atoms with E-state index in [0.717, 1.165) is 4.47 Å². The molecule has 17 heavy (non-hydrogen) atoms. The maximum absolute atomic E-state index is 9.00. The molecule has 2 aromatic rings. The van der Waals surface area contributed by atoms with E-state index in [1.807, 2.05) is 6.07 Å². The van der Waals surface area contributed by atoms with Crippen molar-refractivity contribution in [1.82, 2.24) is 9.97 Å². The Morgan fingerprint density at radius 2 is 2.18 bits per heavy atom. The SMILES string of the molecule is N#Cc1cc(Br)ccc1Nc1cncc(N)n1. The van der Waals surface area contributed by atoms with Gasteiger partial charge in [-0.2, -0.15) is 5.26 Å². The fourth-order valence-electron chi connectivity index (χ4n) is 1.30. The first-order valence-electron chi connectivity index (χ1n) is 4.73. The summed E-state index contributed by atoms with van der Waals surface area (Å²) in [5.74, 6) is 0.828. The Balaban J connectivity index is 2.34. The second kappa shape index (κ2) is 4.80. The molecule has 0 spiro atoms. The Morgan fingerprint density at radius 1 is 1.35 bits per heavy atom. The lowest BCUT2D eigenvalue weighted by molar-refractivity contribution is 1.21. The molecule has 0 amide bonds. The third-order valence-corrected chi connectivity index (χ3v) is 2.51. The Bertz CT molecular complexity index is 591. The van der Waals surface area contributed by atoms with Crippen molar-refractivity contribution in [3.8, 4) is 6.07 Å². The second-order valence-corrected chi connectivity index (χ2v) is 4.17. The van der Waals surface area contributed by atoms with E-state index in [0.29, 0.717) is 22.9 Å². The van der Waals surface area contributed by atoms with Crippen LogP contribution in [0, 0.1) is 11.3 Å². The van der Waals surface area contributed by atoms with Crippen LogP contribution in [0.15, 0.2) is 35.1 Å². The van der Waals surface area contributed by atoms with Crippen molar-refractivity contribution in [2.24, 2.45) is 0 Å². The zero-order valence-corrected chi connectivity index (χ0v) is 10.3. The number of halogens is 1. The molecule has 0 saturated heterocycles. The fraction of sp³-hybridized carbons (Fsp3) is 0. The first kappa shape index (κ1) is 11.4. The van der Waals surface area contributed by atoms with Gasteiger partial charge >= 0.3 is 0 Å². The number of benzene rings is 1. The molecule has 0 aliphatic rings. The molecule has 0 unspecified atom stereocenters. The van der Waals surface area contributed by atoms with Gasteiger partial charge in [-0.25, -0.2) is 4.98 Å². The van der Waals surface area contributed by atoms with Crippen LogP contribution in [-0.4, -0.2) is 9.97 Å². The quantitative estimate of drug-likeness (QED) is 0.887. The third kappa shape index (κ3) is 2.71. The summed E-state index contributed by atoms with van der Waals surface area (Å²) < 4.78 is 0.846. The highest BCUT2D eigenvalue weighted by molar-refractivity contribution is 9.10. The van der Waals surface area contributed by atoms with Gasteiger partial charge in [0, 0.05) is 4.47 Å². The predicted octanol–water partition coefficient (Wildman–Crippen LogP) is 2.44. The number of anilines is 3. The molecule has 1 aromatic carbocycles. The summed E-state index contributed by atoms with van der Waals surface area (Å²) >= 11 is 3.31. The van der Waals surface area contributed by atoms with Gasteiger partial charge in [0.1, 0.15) is 11.9 Å². The van der Waals surface area contributed by atoms with Crippen LogP contribution in [0.3, 0.4) is 0 Å². The summed E-state index contributed by atoms with van der Waals surface area (Å²) in [5.41, 5.74) is 6.70. The van der Waals surface area contributed by atoms with Gasteiger partial charge in [0.05, 0.1) is 23.6 Å². The van der Waals surface area contributed by atoms with E-state index in [1.165, 1.54) is 6.20 Å². The smallest absolute Gasteiger partial charge is 0.151 e. The Kier molecular flexibility index (Phi) is 3.21. The molecule has 5 nitrogen and oxygen atoms in total. The van der Waals surface area contributed by atoms with E-state index in [2.05, 4.69) is 37.3 Å². The molecule has 84 valence electrons. The largest absolute Gasteiger partial charge is 0.382 e. The lowest BCUT2D eigenvalue weighted by Gasteiger charge is -2.07. The summed E-state index contributed by atoms with van der Waals surface area (Å²) in [5, 5.41) is 12.0. The highest BCUT2D eigenvalue weighted by Gasteiger charge is 2.04. The average Bonchev–Trinajstić information content (AvgIpc) is 2.31. The zero-order chi connectivity index (χ0) is 12.3. The monoisotopic (exact) mass is 289 g/mol. The normalized spacial score (nSPS) is 9.65. The number of rotatable bonds is 2. The molecule has 0 radical (unpaired) electrons. The van der Waals surface area contributed by atoms with Gasteiger partial charge in [-0.05, 0) is 18.2 Å². The Hall–Kier alpha value is -2.13. The molecule has 6 heteroatoms. The summed E-state index contributed by atoms with van der Waals surface area (Å²) in [6.45, 7) is 0. The van der Waals surface area contributed by atoms with E-state index in [-0.39, 0.29) is 0 Å². The Morgan fingerprint density at radius 3 is 2.88 bits per heavy atom. The number of nitriles is 1. The van der Waals surface area contributed by atoms with Crippen molar-refractivity contribution >= 4 is 33.3 Å². The van der Waals surface area contributed by atoms with E-state index in [9.17, 15) is 0 Å². The van der Waals surface area contributed by atoms with Gasteiger partial charge in [0.15, 0.2) is 5.82 Å². The van der Waals surface area contributed by atoms with E-state index in [4.69, 9.17) is 11.0 Å². The lowest BCUT2D eigenvalue weighted by atomic mass is 10.2. The average molecular weight is 290 g/mol. The van der Waals surface area contributed by atoms with E-state index < -0.39 is 0 Å².